The predicted molar refractivity (Wildman–Crippen MR) is 133 cm³/mol. The summed E-state index contributed by atoms with van der Waals surface area (Å²) in [4.78, 5) is 20.1. The van der Waals surface area contributed by atoms with Crippen LogP contribution in [0.2, 0.25) is 0 Å². The lowest BCUT2D eigenvalue weighted by atomic mass is 9.85. The third-order valence-electron chi connectivity index (χ3n) is 6.12. The average Bonchev–Trinajstić information content (AvgIpc) is 3.47. The summed E-state index contributed by atoms with van der Waals surface area (Å²) < 4.78 is 0. The van der Waals surface area contributed by atoms with Crippen LogP contribution in [0.15, 0.2) is 35.5 Å². The number of aromatic amines is 1. The zero-order chi connectivity index (χ0) is 20.1. The number of aliphatic imine (C=N–C) groups is 1. The van der Waals surface area contributed by atoms with Gasteiger partial charge in [0.1, 0.15) is 0 Å². The molecule has 2 fully saturated rings. The van der Waals surface area contributed by atoms with Crippen LogP contribution in [0.1, 0.15) is 50.5 Å². The molecule has 2 aliphatic rings. The van der Waals surface area contributed by atoms with Gasteiger partial charge in [0.05, 0.1) is 0 Å². The van der Waals surface area contributed by atoms with Gasteiger partial charge in [-0.1, -0.05) is 24.6 Å². The molecule has 0 radical (unpaired) electrons. The highest BCUT2D eigenvalue weighted by atomic mass is 127. The van der Waals surface area contributed by atoms with Crippen molar-refractivity contribution in [2.75, 3.05) is 13.6 Å². The summed E-state index contributed by atoms with van der Waals surface area (Å²) in [6, 6.07) is 9.21. The van der Waals surface area contributed by atoms with Crippen LogP contribution in [-0.4, -0.2) is 42.5 Å². The van der Waals surface area contributed by atoms with Crippen LogP contribution in [0.25, 0.3) is 10.9 Å². The van der Waals surface area contributed by atoms with Crippen molar-refractivity contribution >= 4 is 46.7 Å². The van der Waals surface area contributed by atoms with Crippen LogP contribution in [0.5, 0.6) is 0 Å². The van der Waals surface area contributed by atoms with E-state index in [2.05, 4.69) is 56.4 Å². The van der Waals surface area contributed by atoms with Gasteiger partial charge < -0.3 is 20.9 Å². The maximum atomic E-state index is 12.4. The van der Waals surface area contributed by atoms with E-state index in [9.17, 15) is 4.79 Å². The lowest BCUT2D eigenvalue weighted by molar-refractivity contribution is -0.126. The molecule has 0 saturated heterocycles. The molecule has 2 unspecified atom stereocenters. The van der Waals surface area contributed by atoms with Crippen LogP contribution in [-0.2, 0) is 11.2 Å². The average molecular weight is 523 g/mol. The zero-order valence-corrected chi connectivity index (χ0v) is 20.1. The predicted octanol–water partition coefficient (Wildman–Crippen LogP) is 3.72. The first kappa shape index (κ1) is 22.9. The molecule has 2 saturated carbocycles. The molecule has 1 aromatic carbocycles. The van der Waals surface area contributed by atoms with Crippen molar-refractivity contribution in [3.63, 3.8) is 0 Å². The molecule has 0 spiro atoms. The summed E-state index contributed by atoms with van der Waals surface area (Å²) in [5.74, 6) is 1.24. The summed E-state index contributed by atoms with van der Waals surface area (Å²) in [5, 5.41) is 11.5. The minimum absolute atomic E-state index is 0. The van der Waals surface area contributed by atoms with Crippen molar-refractivity contribution in [1.29, 1.82) is 0 Å². The standard InChI is InChI=1S/C23H33N5O.HI/c1-24-23(25-13-5-7-17-15-26-21-10-3-2-9-20(17)21)28-19-8-4-6-16(14-19)22(29)27-18-11-12-18;/h2-3,9-10,15-16,18-19,26H,4-8,11-14H2,1H3,(H,27,29)(H2,24,25,28);1H. The number of nitrogens with one attached hydrogen (secondary N) is 4. The second kappa shape index (κ2) is 11.0. The zero-order valence-electron chi connectivity index (χ0n) is 17.7. The number of nitrogens with zero attached hydrogens (tertiary/aromatic N) is 1. The number of para-hydroxylation sites is 1. The SMILES string of the molecule is CN=C(NCCCc1c[nH]c2ccccc12)NC1CCCC(C(=O)NC2CC2)C1.I. The van der Waals surface area contributed by atoms with E-state index in [1.165, 1.54) is 16.5 Å². The Morgan fingerprint density at radius 2 is 1.97 bits per heavy atom. The highest BCUT2D eigenvalue weighted by molar-refractivity contribution is 14.0. The number of hydrogen-bond acceptors (Lipinski definition) is 2. The molecule has 2 aliphatic carbocycles. The van der Waals surface area contributed by atoms with Gasteiger partial charge >= 0.3 is 0 Å². The summed E-state index contributed by atoms with van der Waals surface area (Å²) in [6.45, 7) is 0.873. The lowest BCUT2D eigenvalue weighted by Gasteiger charge is -2.30. The fourth-order valence-electron chi connectivity index (χ4n) is 4.32. The maximum absolute atomic E-state index is 12.4. The van der Waals surface area contributed by atoms with Crippen molar-refractivity contribution in [1.82, 2.24) is 20.9 Å². The Labute approximate surface area is 196 Å². The number of H-pyrrole nitrogens is 1. The minimum Gasteiger partial charge on any atom is -0.361 e. The van der Waals surface area contributed by atoms with Gasteiger partial charge in [-0.2, -0.15) is 0 Å². The topological polar surface area (TPSA) is 81.3 Å². The highest BCUT2D eigenvalue weighted by Crippen LogP contribution is 2.26. The number of guanidine groups is 1. The number of benzene rings is 1. The minimum atomic E-state index is 0. The Bertz CT molecular complexity index is 860. The molecular formula is C23H34IN5O. The number of halogens is 1. The third kappa shape index (κ3) is 6.12. The van der Waals surface area contributed by atoms with Gasteiger partial charge in [-0.3, -0.25) is 9.79 Å². The van der Waals surface area contributed by atoms with Gasteiger partial charge in [-0.15, -0.1) is 24.0 Å². The molecule has 4 N–H and O–H groups in total. The Balaban J connectivity index is 0.00000256. The summed E-state index contributed by atoms with van der Waals surface area (Å²) in [6.07, 6.45) is 10.6. The maximum Gasteiger partial charge on any atom is 0.223 e. The number of aromatic nitrogens is 1. The fraction of sp³-hybridized carbons (Fsp3) is 0.565. The largest absolute Gasteiger partial charge is 0.361 e. The van der Waals surface area contributed by atoms with Gasteiger partial charge in [0, 0.05) is 48.7 Å². The van der Waals surface area contributed by atoms with E-state index in [-0.39, 0.29) is 35.8 Å². The molecule has 4 rings (SSSR count). The normalized spacial score (nSPS) is 21.7. The summed E-state index contributed by atoms with van der Waals surface area (Å²) in [5.41, 5.74) is 2.56. The Morgan fingerprint density at radius 1 is 1.13 bits per heavy atom. The molecule has 1 heterocycles. The van der Waals surface area contributed by atoms with E-state index in [1.807, 2.05) is 7.05 Å². The third-order valence-corrected chi connectivity index (χ3v) is 6.12. The molecule has 0 bridgehead atoms. The molecule has 0 aliphatic heterocycles. The fourth-order valence-corrected chi connectivity index (χ4v) is 4.32. The van der Waals surface area contributed by atoms with Crippen LogP contribution in [0, 0.1) is 5.92 Å². The smallest absolute Gasteiger partial charge is 0.223 e. The number of aryl methyl sites for hydroxylation is 1. The van der Waals surface area contributed by atoms with Gasteiger partial charge in [0.2, 0.25) is 5.91 Å². The van der Waals surface area contributed by atoms with Crippen molar-refractivity contribution < 1.29 is 4.79 Å². The molecule has 1 amide bonds. The van der Waals surface area contributed by atoms with Crippen LogP contribution < -0.4 is 16.0 Å². The number of fused-ring (bicyclic) bond motifs is 1. The molecular weight excluding hydrogens is 489 g/mol. The van der Waals surface area contributed by atoms with Gasteiger partial charge in [-0.25, -0.2) is 0 Å². The first-order chi connectivity index (χ1) is 14.2. The van der Waals surface area contributed by atoms with Gasteiger partial charge in [0.15, 0.2) is 5.96 Å². The van der Waals surface area contributed by atoms with E-state index in [1.54, 1.807) is 0 Å². The molecule has 1 aromatic heterocycles. The number of amides is 1. The number of carbonyl (C=O) groups is 1. The molecule has 2 aromatic rings. The Morgan fingerprint density at radius 3 is 2.77 bits per heavy atom. The molecule has 2 atom stereocenters. The number of hydrogen-bond donors (Lipinski definition) is 4. The van der Waals surface area contributed by atoms with Crippen LogP contribution >= 0.6 is 24.0 Å². The van der Waals surface area contributed by atoms with Crippen molar-refractivity contribution in [2.45, 2.75) is 63.5 Å². The second-order valence-electron chi connectivity index (χ2n) is 8.45. The first-order valence-corrected chi connectivity index (χ1v) is 11.1. The molecule has 164 valence electrons. The van der Waals surface area contributed by atoms with E-state index in [0.29, 0.717) is 12.1 Å². The molecule has 30 heavy (non-hydrogen) atoms. The summed E-state index contributed by atoms with van der Waals surface area (Å²) >= 11 is 0. The second-order valence-corrected chi connectivity index (χ2v) is 8.45. The van der Waals surface area contributed by atoms with E-state index in [4.69, 9.17) is 0 Å². The number of carbonyl (C=O) groups excluding carboxylic acids is 1. The monoisotopic (exact) mass is 523 g/mol. The lowest BCUT2D eigenvalue weighted by Crippen LogP contribution is -2.47. The number of rotatable bonds is 7. The Kier molecular flexibility index (Phi) is 8.41. The van der Waals surface area contributed by atoms with E-state index >= 15 is 0 Å². The quantitative estimate of drug-likeness (QED) is 0.193. The van der Waals surface area contributed by atoms with Crippen molar-refractivity contribution in [3.05, 3.63) is 36.0 Å². The molecule has 6 nitrogen and oxygen atoms in total. The van der Waals surface area contributed by atoms with Gasteiger partial charge in [0.25, 0.3) is 0 Å². The summed E-state index contributed by atoms with van der Waals surface area (Å²) in [7, 11) is 1.81. The van der Waals surface area contributed by atoms with Crippen molar-refractivity contribution in [3.8, 4) is 0 Å². The highest BCUT2D eigenvalue weighted by Gasteiger charge is 2.31. The van der Waals surface area contributed by atoms with E-state index < -0.39 is 0 Å². The van der Waals surface area contributed by atoms with Gasteiger partial charge in [-0.05, 0) is 56.6 Å². The molecule has 7 heteroatoms. The Hall–Kier alpha value is -1.77. The van der Waals surface area contributed by atoms with Crippen LogP contribution in [0.4, 0.5) is 0 Å². The van der Waals surface area contributed by atoms with Crippen molar-refractivity contribution in [2.24, 2.45) is 10.9 Å². The van der Waals surface area contributed by atoms with Crippen LogP contribution in [0.3, 0.4) is 0 Å². The first-order valence-electron chi connectivity index (χ1n) is 11.1. The van der Waals surface area contributed by atoms with E-state index in [0.717, 1.165) is 63.9 Å².